The molecule has 0 saturated carbocycles. The van der Waals surface area contributed by atoms with E-state index in [1.807, 2.05) is 0 Å². The van der Waals surface area contributed by atoms with Crippen LogP contribution in [0.4, 0.5) is 0 Å². The Bertz CT molecular complexity index is 509. The van der Waals surface area contributed by atoms with Crippen molar-refractivity contribution in [2.24, 2.45) is 0 Å². The highest BCUT2D eigenvalue weighted by Crippen LogP contribution is 2.36. The number of benzene rings is 2. The van der Waals surface area contributed by atoms with Gasteiger partial charge in [-0.2, -0.15) is 0 Å². The highest BCUT2D eigenvalue weighted by molar-refractivity contribution is 8.13. The van der Waals surface area contributed by atoms with Crippen LogP contribution in [-0.4, -0.2) is 5.12 Å². The summed E-state index contributed by atoms with van der Waals surface area (Å²) in [6.07, 6.45) is 0. The van der Waals surface area contributed by atoms with Crippen molar-refractivity contribution >= 4 is 16.9 Å². The van der Waals surface area contributed by atoms with Crippen LogP contribution in [0.5, 0.6) is 0 Å². The molecule has 2 heteroatoms. The summed E-state index contributed by atoms with van der Waals surface area (Å²) in [6.45, 7) is 5.77. The Kier molecular flexibility index (Phi) is 4.43. The molecule has 2 aromatic rings. The van der Waals surface area contributed by atoms with Gasteiger partial charge in [-0.05, 0) is 25.0 Å². The van der Waals surface area contributed by atoms with E-state index in [-0.39, 0.29) is 10.4 Å². The molecule has 0 N–H and O–H groups in total. The average molecular weight is 270 g/mol. The van der Waals surface area contributed by atoms with Crippen LogP contribution in [0.1, 0.15) is 34.4 Å². The molecule has 19 heavy (non-hydrogen) atoms. The van der Waals surface area contributed by atoms with Crippen molar-refractivity contribution in [1.82, 2.24) is 0 Å². The summed E-state index contributed by atoms with van der Waals surface area (Å²) >= 11 is 1.38. The van der Waals surface area contributed by atoms with Gasteiger partial charge in [0.1, 0.15) is 0 Å². The molecular formula is C17H18OS. The highest BCUT2D eigenvalue weighted by atomic mass is 32.2. The molecule has 98 valence electrons. The Morgan fingerprint density at radius 3 is 1.53 bits per heavy atom. The van der Waals surface area contributed by atoms with Gasteiger partial charge in [-0.3, -0.25) is 4.79 Å². The quantitative estimate of drug-likeness (QED) is 0.806. The van der Waals surface area contributed by atoms with Gasteiger partial charge in [0.2, 0.25) is 0 Å². The van der Waals surface area contributed by atoms with E-state index in [4.69, 9.17) is 0 Å². The van der Waals surface area contributed by atoms with Crippen molar-refractivity contribution in [1.29, 1.82) is 0 Å². The molecule has 2 rings (SSSR count). The zero-order valence-corrected chi connectivity index (χ0v) is 12.3. The molecular weight excluding hydrogens is 252 g/mol. The minimum absolute atomic E-state index is 0.0821. The van der Waals surface area contributed by atoms with Crippen LogP contribution < -0.4 is 0 Å². The molecule has 0 aliphatic carbocycles. The van der Waals surface area contributed by atoms with Gasteiger partial charge in [0.05, 0.1) is 5.25 Å². The van der Waals surface area contributed by atoms with E-state index < -0.39 is 0 Å². The average Bonchev–Trinajstić information content (AvgIpc) is 2.38. The van der Waals surface area contributed by atoms with Crippen LogP contribution in [0.3, 0.4) is 0 Å². The number of hydrogen-bond donors (Lipinski definition) is 0. The largest absolute Gasteiger partial charge is 0.288 e. The van der Waals surface area contributed by atoms with Gasteiger partial charge in [0.25, 0.3) is 0 Å². The van der Waals surface area contributed by atoms with Crippen molar-refractivity contribution < 1.29 is 4.79 Å². The summed E-state index contributed by atoms with van der Waals surface area (Å²) in [7, 11) is 0. The van der Waals surface area contributed by atoms with Gasteiger partial charge in [-0.1, -0.05) is 71.4 Å². The van der Waals surface area contributed by atoms with E-state index in [2.05, 4.69) is 62.4 Å². The molecule has 0 atom stereocenters. The third-order valence-electron chi connectivity index (χ3n) is 3.04. The Balaban J connectivity index is 2.37. The fourth-order valence-corrected chi connectivity index (χ4v) is 2.90. The first kappa shape index (κ1) is 13.9. The van der Waals surface area contributed by atoms with E-state index in [1.165, 1.54) is 34.0 Å². The third kappa shape index (κ3) is 3.71. The van der Waals surface area contributed by atoms with Crippen molar-refractivity contribution in [3.05, 3.63) is 70.8 Å². The standard InChI is InChI=1S/C17H18OS/c1-12-4-8-15(9-5-12)17(19-14(3)18)16-10-6-13(2)7-11-16/h4-11,17H,1-3H3. The first-order valence-corrected chi connectivity index (χ1v) is 7.24. The van der Waals surface area contributed by atoms with Gasteiger partial charge in [0.15, 0.2) is 5.12 Å². The second-order valence-electron chi connectivity index (χ2n) is 4.81. The zero-order valence-electron chi connectivity index (χ0n) is 11.5. The summed E-state index contributed by atoms with van der Waals surface area (Å²) in [6, 6.07) is 16.8. The molecule has 0 aliphatic rings. The van der Waals surface area contributed by atoms with Crippen LogP contribution in [0, 0.1) is 13.8 Å². The predicted molar refractivity (Wildman–Crippen MR) is 82.5 cm³/mol. The molecule has 0 aliphatic heterocycles. The zero-order chi connectivity index (χ0) is 13.8. The molecule has 0 saturated heterocycles. The van der Waals surface area contributed by atoms with Crippen molar-refractivity contribution in [3.8, 4) is 0 Å². The second kappa shape index (κ2) is 6.07. The summed E-state index contributed by atoms with van der Waals surface area (Å²) in [5.74, 6) is 0. The fraction of sp³-hybridized carbons (Fsp3) is 0.235. The number of hydrogen-bond acceptors (Lipinski definition) is 2. The Labute approximate surface area is 119 Å². The molecule has 1 nitrogen and oxygen atoms in total. The minimum atomic E-state index is 0.0821. The van der Waals surface area contributed by atoms with Gasteiger partial charge < -0.3 is 0 Å². The highest BCUT2D eigenvalue weighted by Gasteiger charge is 2.16. The summed E-state index contributed by atoms with van der Waals surface area (Å²) in [4.78, 5) is 11.5. The minimum Gasteiger partial charge on any atom is -0.288 e. The molecule has 2 aromatic carbocycles. The van der Waals surface area contributed by atoms with Crippen molar-refractivity contribution in [2.45, 2.75) is 26.0 Å². The smallest absolute Gasteiger partial charge is 0.186 e. The van der Waals surface area contributed by atoms with Crippen LogP contribution >= 0.6 is 11.8 Å². The molecule has 0 amide bonds. The summed E-state index contributed by atoms with van der Waals surface area (Å²) < 4.78 is 0. The van der Waals surface area contributed by atoms with Gasteiger partial charge in [0, 0.05) is 6.92 Å². The molecule has 0 unspecified atom stereocenters. The Morgan fingerprint density at radius 2 is 1.21 bits per heavy atom. The molecule has 0 heterocycles. The molecule has 0 fully saturated rings. The summed E-state index contributed by atoms with van der Waals surface area (Å²) in [5.41, 5.74) is 4.82. The summed E-state index contributed by atoms with van der Waals surface area (Å²) in [5, 5.41) is 0.227. The number of carbonyl (C=O) groups excluding carboxylic acids is 1. The molecule has 0 bridgehead atoms. The Hall–Kier alpha value is -1.54. The third-order valence-corrected chi connectivity index (χ3v) is 4.16. The maximum absolute atomic E-state index is 11.5. The van der Waals surface area contributed by atoms with Gasteiger partial charge in [-0.25, -0.2) is 0 Å². The van der Waals surface area contributed by atoms with Crippen molar-refractivity contribution in [3.63, 3.8) is 0 Å². The number of thioether (sulfide) groups is 1. The maximum atomic E-state index is 11.5. The van der Waals surface area contributed by atoms with Crippen molar-refractivity contribution in [2.75, 3.05) is 0 Å². The second-order valence-corrected chi connectivity index (χ2v) is 6.09. The molecule has 0 spiro atoms. The van der Waals surface area contributed by atoms with E-state index >= 15 is 0 Å². The van der Waals surface area contributed by atoms with E-state index in [9.17, 15) is 4.79 Å². The normalized spacial score (nSPS) is 10.7. The lowest BCUT2D eigenvalue weighted by molar-refractivity contribution is -0.109. The molecule has 0 radical (unpaired) electrons. The number of carbonyl (C=O) groups is 1. The van der Waals surface area contributed by atoms with Gasteiger partial charge in [-0.15, -0.1) is 0 Å². The van der Waals surface area contributed by atoms with Crippen LogP contribution in [0.2, 0.25) is 0 Å². The maximum Gasteiger partial charge on any atom is 0.186 e. The number of rotatable bonds is 3. The first-order valence-electron chi connectivity index (χ1n) is 6.36. The van der Waals surface area contributed by atoms with E-state index in [0.717, 1.165) is 0 Å². The molecule has 0 aromatic heterocycles. The predicted octanol–water partition coefficient (Wildman–Crippen LogP) is 4.67. The van der Waals surface area contributed by atoms with Gasteiger partial charge >= 0.3 is 0 Å². The Morgan fingerprint density at radius 1 is 0.842 bits per heavy atom. The fourth-order valence-electron chi connectivity index (χ4n) is 1.98. The lowest BCUT2D eigenvalue weighted by Crippen LogP contribution is -2.00. The lowest BCUT2D eigenvalue weighted by Gasteiger charge is -2.16. The monoisotopic (exact) mass is 270 g/mol. The topological polar surface area (TPSA) is 17.1 Å². The van der Waals surface area contributed by atoms with Crippen LogP contribution in [0.15, 0.2) is 48.5 Å². The first-order chi connectivity index (χ1) is 9.06. The SMILES string of the molecule is CC(=O)SC(c1ccc(C)cc1)c1ccc(C)cc1. The van der Waals surface area contributed by atoms with E-state index in [1.54, 1.807) is 6.92 Å². The lowest BCUT2D eigenvalue weighted by atomic mass is 10.0. The van der Waals surface area contributed by atoms with Crippen LogP contribution in [-0.2, 0) is 4.79 Å². The number of aryl methyl sites for hydroxylation is 2. The van der Waals surface area contributed by atoms with E-state index in [0.29, 0.717) is 0 Å². The van der Waals surface area contributed by atoms with Crippen LogP contribution in [0.25, 0.3) is 0 Å².